The maximum absolute atomic E-state index is 12.7. The number of carbonyl (C=O) groups excluding carboxylic acids is 2. The summed E-state index contributed by atoms with van der Waals surface area (Å²) in [5, 5.41) is 6.01. The number of rotatable bonds is 5. The normalized spacial score (nSPS) is 21.1. The molecule has 1 saturated carbocycles. The monoisotopic (exact) mass is 323 g/mol. The lowest BCUT2D eigenvalue weighted by atomic mass is 9.96. The van der Waals surface area contributed by atoms with Crippen LogP contribution in [0.4, 0.5) is 4.79 Å². The fraction of sp³-hybridized carbons (Fsp3) is 0.889. The molecule has 3 amide bonds. The first-order valence-corrected chi connectivity index (χ1v) is 9.42. The largest absolute Gasteiger partial charge is 0.341 e. The van der Waals surface area contributed by atoms with Crippen molar-refractivity contribution in [3.8, 4) is 0 Å². The zero-order valence-corrected chi connectivity index (χ0v) is 14.8. The Morgan fingerprint density at radius 1 is 1.00 bits per heavy atom. The molecule has 132 valence electrons. The van der Waals surface area contributed by atoms with E-state index in [1.165, 1.54) is 25.7 Å². The number of amides is 3. The molecule has 1 aliphatic carbocycles. The fourth-order valence-electron chi connectivity index (χ4n) is 3.66. The van der Waals surface area contributed by atoms with E-state index in [0.29, 0.717) is 12.3 Å². The molecule has 5 nitrogen and oxygen atoms in total. The Hall–Kier alpha value is -1.26. The van der Waals surface area contributed by atoms with Gasteiger partial charge >= 0.3 is 6.03 Å². The Bertz CT molecular complexity index is 386. The summed E-state index contributed by atoms with van der Waals surface area (Å²) in [4.78, 5) is 27.0. The number of likely N-dealkylation sites (tertiary alicyclic amines) is 1. The van der Waals surface area contributed by atoms with Gasteiger partial charge in [0.25, 0.3) is 0 Å². The molecule has 2 aliphatic rings. The molecule has 2 fully saturated rings. The van der Waals surface area contributed by atoms with E-state index in [4.69, 9.17) is 0 Å². The van der Waals surface area contributed by atoms with Crippen molar-refractivity contribution in [3.05, 3.63) is 0 Å². The van der Waals surface area contributed by atoms with Crippen molar-refractivity contribution in [2.75, 3.05) is 13.1 Å². The van der Waals surface area contributed by atoms with Gasteiger partial charge in [-0.3, -0.25) is 4.79 Å². The minimum atomic E-state index is -0.392. The number of piperidine rings is 1. The van der Waals surface area contributed by atoms with Gasteiger partial charge in [-0.1, -0.05) is 33.1 Å². The topological polar surface area (TPSA) is 61.4 Å². The molecule has 1 saturated heterocycles. The summed E-state index contributed by atoms with van der Waals surface area (Å²) < 4.78 is 0. The lowest BCUT2D eigenvalue weighted by molar-refractivity contribution is -0.134. The molecule has 1 aliphatic heterocycles. The summed E-state index contributed by atoms with van der Waals surface area (Å²) >= 11 is 0. The average molecular weight is 323 g/mol. The minimum Gasteiger partial charge on any atom is -0.341 e. The highest BCUT2D eigenvalue weighted by Crippen LogP contribution is 2.17. The molecule has 1 heterocycles. The second-order valence-electron chi connectivity index (χ2n) is 7.52. The Balaban J connectivity index is 1.88. The van der Waals surface area contributed by atoms with E-state index >= 15 is 0 Å². The van der Waals surface area contributed by atoms with Crippen molar-refractivity contribution < 1.29 is 9.59 Å². The van der Waals surface area contributed by atoms with Crippen LogP contribution in [-0.4, -0.2) is 42.0 Å². The van der Waals surface area contributed by atoms with Gasteiger partial charge in [0.1, 0.15) is 6.04 Å². The number of hydrogen-bond donors (Lipinski definition) is 2. The van der Waals surface area contributed by atoms with Crippen LogP contribution in [0.3, 0.4) is 0 Å². The number of hydrogen-bond acceptors (Lipinski definition) is 2. The Labute approximate surface area is 140 Å². The van der Waals surface area contributed by atoms with Gasteiger partial charge < -0.3 is 15.5 Å². The van der Waals surface area contributed by atoms with Crippen molar-refractivity contribution in [2.45, 2.75) is 83.7 Å². The van der Waals surface area contributed by atoms with Gasteiger partial charge in [-0.05, 0) is 44.4 Å². The lowest BCUT2D eigenvalue weighted by Gasteiger charge is -2.32. The van der Waals surface area contributed by atoms with Gasteiger partial charge in [0.2, 0.25) is 5.91 Å². The first-order chi connectivity index (χ1) is 11.1. The predicted octanol–water partition coefficient (Wildman–Crippen LogP) is 3.05. The van der Waals surface area contributed by atoms with Gasteiger partial charge in [0.05, 0.1) is 0 Å². The second-order valence-corrected chi connectivity index (χ2v) is 7.52. The molecule has 0 aromatic carbocycles. The summed E-state index contributed by atoms with van der Waals surface area (Å²) in [5.41, 5.74) is 0. The number of nitrogens with one attached hydrogen (secondary N) is 2. The molecule has 0 bridgehead atoms. The summed E-state index contributed by atoms with van der Waals surface area (Å²) in [6.07, 6.45) is 9.82. The lowest BCUT2D eigenvalue weighted by Crippen LogP contribution is -2.54. The van der Waals surface area contributed by atoms with Crippen LogP contribution >= 0.6 is 0 Å². The molecular formula is C18H33N3O2. The van der Waals surface area contributed by atoms with Gasteiger partial charge in [0, 0.05) is 19.1 Å². The van der Waals surface area contributed by atoms with Gasteiger partial charge in [-0.15, -0.1) is 0 Å². The molecule has 23 heavy (non-hydrogen) atoms. The predicted molar refractivity (Wildman–Crippen MR) is 92.2 cm³/mol. The number of carbonyl (C=O) groups is 2. The van der Waals surface area contributed by atoms with Crippen molar-refractivity contribution >= 4 is 11.9 Å². The van der Waals surface area contributed by atoms with Crippen molar-refractivity contribution in [1.82, 2.24) is 15.5 Å². The maximum atomic E-state index is 12.7. The first-order valence-electron chi connectivity index (χ1n) is 9.42. The highest BCUT2D eigenvalue weighted by molar-refractivity contribution is 5.87. The van der Waals surface area contributed by atoms with E-state index in [0.717, 1.165) is 38.8 Å². The van der Waals surface area contributed by atoms with E-state index in [1.54, 1.807) is 0 Å². The van der Waals surface area contributed by atoms with Crippen molar-refractivity contribution in [1.29, 1.82) is 0 Å². The molecule has 0 aromatic rings. The highest BCUT2D eigenvalue weighted by atomic mass is 16.2. The van der Waals surface area contributed by atoms with Crippen LogP contribution in [-0.2, 0) is 4.79 Å². The molecule has 2 N–H and O–H groups in total. The molecular weight excluding hydrogens is 290 g/mol. The van der Waals surface area contributed by atoms with Gasteiger partial charge in [-0.25, -0.2) is 4.79 Å². The Morgan fingerprint density at radius 2 is 1.61 bits per heavy atom. The van der Waals surface area contributed by atoms with E-state index in [9.17, 15) is 9.59 Å². The SMILES string of the molecule is CC(C)C[C@H](NC(=O)NC1CCCCC1)C(=O)N1CCCCC1. The molecule has 0 aromatic heterocycles. The van der Waals surface area contributed by atoms with Gasteiger partial charge in [0.15, 0.2) is 0 Å². The zero-order valence-electron chi connectivity index (χ0n) is 14.8. The fourth-order valence-corrected chi connectivity index (χ4v) is 3.66. The molecule has 0 spiro atoms. The summed E-state index contributed by atoms with van der Waals surface area (Å²) in [7, 11) is 0. The van der Waals surface area contributed by atoms with Crippen LogP contribution < -0.4 is 10.6 Å². The standard InChI is InChI=1S/C18H33N3O2/c1-14(2)13-16(17(22)21-11-7-4-8-12-21)20-18(23)19-15-9-5-3-6-10-15/h14-16H,3-13H2,1-2H3,(H2,19,20,23)/t16-/m0/s1. The third-order valence-electron chi connectivity index (χ3n) is 4.92. The van der Waals surface area contributed by atoms with Crippen molar-refractivity contribution in [3.63, 3.8) is 0 Å². The third kappa shape index (κ3) is 6.04. The zero-order chi connectivity index (χ0) is 16.7. The second kappa shape index (κ2) is 9.14. The highest BCUT2D eigenvalue weighted by Gasteiger charge is 2.28. The number of nitrogens with zero attached hydrogens (tertiary/aromatic N) is 1. The third-order valence-corrected chi connectivity index (χ3v) is 4.92. The molecule has 0 unspecified atom stereocenters. The summed E-state index contributed by atoms with van der Waals surface area (Å²) in [6, 6.07) is -0.293. The summed E-state index contributed by atoms with van der Waals surface area (Å²) in [6.45, 7) is 5.85. The average Bonchev–Trinajstić information content (AvgIpc) is 2.55. The van der Waals surface area contributed by atoms with Gasteiger partial charge in [-0.2, -0.15) is 0 Å². The maximum Gasteiger partial charge on any atom is 0.315 e. The molecule has 2 rings (SSSR count). The van der Waals surface area contributed by atoms with Crippen LogP contribution in [0, 0.1) is 5.92 Å². The van der Waals surface area contributed by atoms with Crippen LogP contribution in [0.25, 0.3) is 0 Å². The Kier molecular flexibility index (Phi) is 7.18. The molecule has 0 radical (unpaired) electrons. The van der Waals surface area contributed by atoms with Crippen molar-refractivity contribution in [2.24, 2.45) is 5.92 Å². The number of urea groups is 1. The quantitative estimate of drug-likeness (QED) is 0.817. The minimum absolute atomic E-state index is 0.0946. The first kappa shape index (κ1) is 18.1. The Morgan fingerprint density at radius 3 is 2.22 bits per heavy atom. The van der Waals surface area contributed by atoms with E-state index in [2.05, 4.69) is 24.5 Å². The van der Waals surface area contributed by atoms with E-state index in [-0.39, 0.29) is 18.0 Å². The van der Waals surface area contributed by atoms with Crippen LogP contribution in [0.5, 0.6) is 0 Å². The van der Waals surface area contributed by atoms with E-state index in [1.807, 2.05) is 4.90 Å². The summed E-state index contributed by atoms with van der Waals surface area (Å²) in [5.74, 6) is 0.473. The smallest absolute Gasteiger partial charge is 0.315 e. The molecule has 1 atom stereocenters. The van der Waals surface area contributed by atoms with Crippen LogP contribution in [0.15, 0.2) is 0 Å². The van der Waals surface area contributed by atoms with E-state index < -0.39 is 6.04 Å². The molecule has 5 heteroatoms. The van der Waals surface area contributed by atoms with Crippen LogP contribution in [0.2, 0.25) is 0 Å². The van der Waals surface area contributed by atoms with Crippen LogP contribution in [0.1, 0.15) is 71.6 Å².